The summed E-state index contributed by atoms with van der Waals surface area (Å²) in [5.74, 6) is 0.608. The van der Waals surface area contributed by atoms with E-state index in [2.05, 4.69) is 5.10 Å². The van der Waals surface area contributed by atoms with E-state index in [9.17, 15) is 0 Å². The van der Waals surface area contributed by atoms with Crippen molar-refractivity contribution in [2.75, 3.05) is 5.73 Å². The molecule has 0 aromatic carbocycles. The Hall–Kier alpha value is -0.700. The standard InChI is InChI=1S/C7H10ClN3/c8-6-4-10-11(7(6)9)5-2-1-3-5/h4-5H,1-3,9H2. The van der Waals surface area contributed by atoms with Gasteiger partial charge in [0.2, 0.25) is 0 Å². The van der Waals surface area contributed by atoms with E-state index in [0.29, 0.717) is 16.9 Å². The van der Waals surface area contributed by atoms with Gasteiger partial charge in [-0.05, 0) is 19.3 Å². The van der Waals surface area contributed by atoms with E-state index in [4.69, 9.17) is 17.3 Å². The van der Waals surface area contributed by atoms with Crippen molar-refractivity contribution >= 4 is 17.4 Å². The summed E-state index contributed by atoms with van der Waals surface area (Å²) in [5.41, 5.74) is 5.68. The summed E-state index contributed by atoms with van der Waals surface area (Å²) in [5, 5.41) is 4.66. The summed E-state index contributed by atoms with van der Waals surface area (Å²) in [6.07, 6.45) is 5.25. The van der Waals surface area contributed by atoms with Gasteiger partial charge in [-0.2, -0.15) is 5.10 Å². The van der Waals surface area contributed by atoms with E-state index >= 15 is 0 Å². The maximum Gasteiger partial charge on any atom is 0.140 e. The van der Waals surface area contributed by atoms with E-state index < -0.39 is 0 Å². The highest BCUT2D eigenvalue weighted by Crippen LogP contribution is 2.34. The van der Waals surface area contributed by atoms with Crippen molar-refractivity contribution in [3.63, 3.8) is 0 Å². The Bertz CT molecular complexity index is 265. The molecule has 1 aromatic rings. The van der Waals surface area contributed by atoms with Gasteiger partial charge in [0.05, 0.1) is 12.2 Å². The quantitative estimate of drug-likeness (QED) is 0.701. The molecule has 4 heteroatoms. The zero-order chi connectivity index (χ0) is 7.84. The molecule has 1 aliphatic carbocycles. The molecule has 1 aromatic heterocycles. The Balaban J connectivity index is 2.29. The maximum atomic E-state index is 5.75. The third-order valence-electron chi connectivity index (χ3n) is 2.21. The molecule has 0 amide bonds. The minimum atomic E-state index is 0.502. The van der Waals surface area contributed by atoms with Crippen LogP contribution in [0, 0.1) is 0 Å². The van der Waals surface area contributed by atoms with Gasteiger partial charge >= 0.3 is 0 Å². The van der Waals surface area contributed by atoms with E-state index in [0.717, 1.165) is 0 Å². The Morgan fingerprint density at radius 1 is 1.64 bits per heavy atom. The lowest BCUT2D eigenvalue weighted by Gasteiger charge is -2.26. The van der Waals surface area contributed by atoms with Crippen molar-refractivity contribution in [2.24, 2.45) is 0 Å². The second-order valence-corrected chi connectivity index (χ2v) is 3.31. The molecule has 0 spiro atoms. The lowest BCUT2D eigenvalue weighted by molar-refractivity contribution is 0.293. The first-order chi connectivity index (χ1) is 5.29. The SMILES string of the molecule is Nc1c(Cl)cnn1C1CCC1. The van der Waals surface area contributed by atoms with Crippen LogP contribution >= 0.6 is 11.6 Å². The van der Waals surface area contributed by atoms with Crippen molar-refractivity contribution in [3.05, 3.63) is 11.2 Å². The molecule has 2 rings (SSSR count). The fraction of sp³-hybridized carbons (Fsp3) is 0.571. The van der Waals surface area contributed by atoms with Crippen LogP contribution in [0.4, 0.5) is 5.82 Å². The molecule has 0 radical (unpaired) electrons. The number of aromatic nitrogens is 2. The zero-order valence-electron chi connectivity index (χ0n) is 6.13. The molecule has 0 aliphatic heterocycles. The smallest absolute Gasteiger partial charge is 0.140 e. The van der Waals surface area contributed by atoms with Gasteiger partial charge in [-0.1, -0.05) is 11.6 Å². The van der Waals surface area contributed by atoms with Gasteiger partial charge in [-0.3, -0.25) is 0 Å². The van der Waals surface area contributed by atoms with E-state index in [1.807, 2.05) is 4.68 Å². The van der Waals surface area contributed by atoms with E-state index in [1.165, 1.54) is 19.3 Å². The summed E-state index contributed by atoms with van der Waals surface area (Å²) in [6, 6.07) is 0.502. The Morgan fingerprint density at radius 3 is 2.73 bits per heavy atom. The molecule has 0 unspecified atom stereocenters. The first-order valence-electron chi connectivity index (χ1n) is 3.77. The largest absolute Gasteiger partial charge is 0.383 e. The van der Waals surface area contributed by atoms with Gasteiger partial charge in [-0.25, -0.2) is 4.68 Å². The van der Waals surface area contributed by atoms with Gasteiger partial charge in [0.15, 0.2) is 0 Å². The van der Waals surface area contributed by atoms with Crippen LogP contribution in [0.15, 0.2) is 6.20 Å². The summed E-state index contributed by atoms with van der Waals surface area (Å²) in [7, 11) is 0. The fourth-order valence-corrected chi connectivity index (χ4v) is 1.40. The fourth-order valence-electron chi connectivity index (χ4n) is 1.27. The number of nitrogen functional groups attached to an aromatic ring is 1. The molecule has 1 fully saturated rings. The molecule has 11 heavy (non-hydrogen) atoms. The van der Waals surface area contributed by atoms with Gasteiger partial charge < -0.3 is 5.73 Å². The van der Waals surface area contributed by atoms with Crippen molar-refractivity contribution in [1.29, 1.82) is 0 Å². The van der Waals surface area contributed by atoms with Crippen LogP contribution in [0.3, 0.4) is 0 Å². The lowest BCUT2D eigenvalue weighted by Crippen LogP contribution is -2.19. The molecule has 0 atom stereocenters. The van der Waals surface area contributed by atoms with Gasteiger partial charge in [0.1, 0.15) is 10.8 Å². The minimum absolute atomic E-state index is 0.502. The number of rotatable bonds is 1. The van der Waals surface area contributed by atoms with Crippen LogP contribution in [-0.4, -0.2) is 9.78 Å². The second kappa shape index (κ2) is 2.41. The predicted molar refractivity (Wildman–Crippen MR) is 44.5 cm³/mol. The van der Waals surface area contributed by atoms with Crippen LogP contribution in [0.25, 0.3) is 0 Å². The summed E-state index contributed by atoms with van der Waals surface area (Å²) in [4.78, 5) is 0. The van der Waals surface area contributed by atoms with Gasteiger partial charge in [-0.15, -0.1) is 0 Å². The first kappa shape index (κ1) is 6.98. The number of anilines is 1. The van der Waals surface area contributed by atoms with Crippen molar-refractivity contribution in [1.82, 2.24) is 9.78 Å². The highest BCUT2D eigenvalue weighted by atomic mass is 35.5. The normalized spacial score (nSPS) is 18.3. The molecule has 0 saturated heterocycles. The second-order valence-electron chi connectivity index (χ2n) is 2.91. The maximum absolute atomic E-state index is 5.75. The average Bonchev–Trinajstić information content (AvgIpc) is 2.15. The number of halogens is 1. The molecule has 0 bridgehead atoms. The Labute approximate surface area is 70.1 Å². The highest BCUT2D eigenvalue weighted by molar-refractivity contribution is 6.32. The van der Waals surface area contributed by atoms with Crippen molar-refractivity contribution in [3.8, 4) is 0 Å². The third kappa shape index (κ3) is 0.997. The van der Waals surface area contributed by atoms with Crippen LogP contribution in [-0.2, 0) is 0 Å². The number of hydrogen-bond acceptors (Lipinski definition) is 2. The molecule has 2 N–H and O–H groups in total. The summed E-state index contributed by atoms with van der Waals surface area (Å²) in [6.45, 7) is 0. The average molecular weight is 172 g/mol. The molecule has 1 aliphatic rings. The Kier molecular flexibility index (Phi) is 1.53. The van der Waals surface area contributed by atoms with Gasteiger partial charge in [0.25, 0.3) is 0 Å². The van der Waals surface area contributed by atoms with E-state index in [-0.39, 0.29) is 0 Å². The number of nitrogens with two attached hydrogens (primary N) is 1. The van der Waals surface area contributed by atoms with Crippen molar-refractivity contribution in [2.45, 2.75) is 25.3 Å². The monoisotopic (exact) mass is 171 g/mol. The van der Waals surface area contributed by atoms with E-state index in [1.54, 1.807) is 6.20 Å². The van der Waals surface area contributed by atoms with Crippen LogP contribution in [0.1, 0.15) is 25.3 Å². The molecule has 60 valence electrons. The number of hydrogen-bond donors (Lipinski definition) is 1. The molecule has 1 heterocycles. The lowest BCUT2D eigenvalue weighted by atomic mass is 9.93. The minimum Gasteiger partial charge on any atom is -0.383 e. The molecule has 3 nitrogen and oxygen atoms in total. The Morgan fingerprint density at radius 2 is 2.36 bits per heavy atom. The van der Waals surface area contributed by atoms with Crippen LogP contribution in [0.2, 0.25) is 5.02 Å². The van der Waals surface area contributed by atoms with Crippen molar-refractivity contribution < 1.29 is 0 Å². The molecule has 1 saturated carbocycles. The predicted octanol–water partition coefficient (Wildman–Crippen LogP) is 1.84. The molecular weight excluding hydrogens is 162 g/mol. The summed E-state index contributed by atoms with van der Waals surface area (Å²) < 4.78 is 1.83. The first-order valence-corrected chi connectivity index (χ1v) is 4.15. The third-order valence-corrected chi connectivity index (χ3v) is 2.50. The molecular formula is C7H10ClN3. The number of nitrogens with zero attached hydrogens (tertiary/aromatic N) is 2. The highest BCUT2D eigenvalue weighted by Gasteiger charge is 2.22. The van der Waals surface area contributed by atoms with Crippen LogP contribution < -0.4 is 5.73 Å². The zero-order valence-corrected chi connectivity index (χ0v) is 6.88. The topological polar surface area (TPSA) is 43.8 Å². The van der Waals surface area contributed by atoms with Crippen LogP contribution in [0.5, 0.6) is 0 Å². The summed E-state index contributed by atoms with van der Waals surface area (Å²) >= 11 is 5.75. The van der Waals surface area contributed by atoms with Gasteiger partial charge in [0, 0.05) is 0 Å².